The maximum absolute atomic E-state index is 5.94. The second kappa shape index (κ2) is 8.51. The average Bonchev–Trinajstić information content (AvgIpc) is 2.55. The van der Waals surface area contributed by atoms with Crippen LogP contribution in [0.15, 0.2) is 61.4 Å². The summed E-state index contributed by atoms with van der Waals surface area (Å²) < 4.78 is 0. The van der Waals surface area contributed by atoms with Gasteiger partial charge >= 0.3 is 0 Å². The minimum absolute atomic E-state index is 0.642. The second-order valence-corrected chi connectivity index (χ2v) is 5.64. The largest absolute Gasteiger partial charge is 0.359 e. The van der Waals surface area contributed by atoms with E-state index in [-0.39, 0.29) is 0 Å². The fourth-order valence-electron chi connectivity index (χ4n) is 1.99. The molecule has 22 heavy (non-hydrogen) atoms. The van der Waals surface area contributed by atoms with E-state index in [2.05, 4.69) is 21.8 Å². The first kappa shape index (κ1) is 16.5. The number of nitrogens with one attached hydrogen (secondary N) is 1. The van der Waals surface area contributed by atoms with Gasteiger partial charge in [0.25, 0.3) is 0 Å². The highest BCUT2D eigenvalue weighted by atomic mass is 35.5. The Bertz CT molecular complexity index is 614. The van der Waals surface area contributed by atoms with Gasteiger partial charge in [-0.05, 0) is 41.5 Å². The van der Waals surface area contributed by atoms with Crippen molar-refractivity contribution >= 4 is 28.9 Å². The molecule has 114 valence electrons. The first-order valence-corrected chi connectivity index (χ1v) is 7.74. The molecule has 2 aromatic rings. The molecule has 1 heterocycles. The van der Waals surface area contributed by atoms with E-state index in [0.717, 1.165) is 16.1 Å². The van der Waals surface area contributed by atoms with E-state index in [1.165, 1.54) is 0 Å². The van der Waals surface area contributed by atoms with E-state index in [4.69, 9.17) is 23.8 Å². The van der Waals surface area contributed by atoms with Crippen LogP contribution < -0.4 is 5.32 Å². The van der Waals surface area contributed by atoms with Crippen LogP contribution in [0.5, 0.6) is 0 Å². The molecule has 1 N–H and O–H groups in total. The molecule has 1 aromatic heterocycles. The van der Waals surface area contributed by atoms with Crippen LogP contribution in [0.1, 0.15) is 11.1 Å². The van der Waals surface area contributed by atoms with Crippen molar-refractivity contribution in [1.29, 1.82) is 0 Å². The lowest BCUT2D eigenvalue weighted by Gasteiger charge is -2.26. The van der Waals surface area contributed by atoms with Crippen molar-refractivity contribution in [2.24, 2.45) is 0 Å². The summed E-state index contributed by atoms with van der Waals surface area (Å²) in [5.41, 5.74) is 2.26. The Kier molecular flexibility index (Phi) is 6.37. The summed E-state index contributed by atoms with van der Waals surface area (Å²) in [4.78, 5) is 6.25. The van der Waals surface area contributed by atoms with Crippen molar-refractivity contribution in [3.8, 4) is 0 Å². The Morgan fingerprint density at radius 3 is 2.59 bits per heavy atom. The maximum Gasteiger partial charge on any atom is 0.169 e. The molecular formula is C17H18ClN3S. The van der Waals surface area contributed by atoms with E-state index in [1.54, 1.807) is 12.3 Å². The molecule has 0 amide bonds. The van der Waals surface area contributed by atoms with Gasteiger partial charge in [0.05, 0.1) is 0 Å². The normalized spacial score (nSPS) is 10.0. The average molecular weight is 332 g/mol. The van der Waals surface area contributed by atoms with Crippen molar-refractivity contribution in [2.45, 2.75) is 13.1 Å². The maximum atomic E-state index is 5.94. The van der Waals surface area contributed by atoms with Crippen LogP contribution in [0.3, 0.4) is 0 Å². The van der Waals surface area contributed by atoms with E-state index < -0.39 is 0 Å². The molecule has 0 spiro atoms. The number of hydrogen-bond donors (Lipinski definition) is 1. The second-order valence-electron chi connectivity index (χ2n) is 4.82. The molecule has 0 unspecified atom stereocenters. The molecule has 0 aliphatic heterocycles. The fraction of sp³-hybridized carbons (Fsp3) is 0.176. The zero-order chi connectivity index (χ0) is 15.8. The SMILES string of the molecule is C=CCNC(=S)N(Cc1ccc(Cl)cc1)Cc1cccnc1. The number of pyridine rings is 1. The van der Waals surface area contributed by atoms with Crippen LogP contribution in [0.25, 0.3) is 0 Å². The highest BCUT2D eigenvalue weighted by Crippen LogP contribution is 2.13. The van der Waals surface area contributed by atoms with Gasteiger partial charge < -0.3 is 10.2 Å². The Morgan fingerprint density at radius 2 is 1.95 bits per heavy atom. The van der Waals surface area contributed by atoms with Crippen LogP contribution in [0.4, 0.5) is 0 Å². The Balaban J connectivity index is 2.11. The van der Waals surface area contributed by atoms with Crippen LogP contribution in [-0.4, -0.2) is 21.5 Å². The predicted molar refractivity (Wildman–Crippen MR) is 95.7 cm³/mol. The van der Waals surface area contributed by atoms with Gasteiger partial charge in [0.2, 0.25) is 0 Å². The van der Waals surface area contributed by atoms with Crippen molar-refractivity contribution in [3.63, 3.8) is 0 Å². The van der Waals surface area contributed by atoms with Crippen molar-refractivity contribution in [1.82, 2.24) is 15.2 Å². The van der Waals surface area contributed by atoms with E-state index in [1.807, 2.05) is 42.6 Å². The number of aromatic nitrogens is 1. The van der Waals surface area contributed by atoms with Gasteiger partial charge in [-0.2, -0.15) is 0 Å². The zero-order valence-corrected chi connectivity index (χ0v) is 13.8. The molecular weight excluding hydrogens is 314 g/mol. The van der Waals surface area contributed by atoms with Gasteiger partial charge in [0.1, 0.15) is 0 Å². The first-order valence-electron chi connectivity index (χ1n) is 6.96. The van der Waals surface area contributed by atoms with Crippen LogP contribution >= 0.6 is 23.8 Å². The highest BCUT2D eigenvalue weighted by Gasteiger charge is 2.11. The van der Waals surface area contributed by atoms with Crippen LogP contribution in [-0.2, 0) is 13.1 Å². The quantitative estimate of drug-likeness (QED) is 0.644. The molecule has 2 rings (SSSR count). The molecule has 5 heteroatoms. The molecule has 0 saturated carbocycles. The van der Waals surface area contributed by atoms with E-state index in [9.17, 15) is 0 Å². The molecule has 0 saturated heterocycles. The summed E-state index contributed by atoms with van der Waals surface area (Å²) in [6.07, 6.45) is 5.41. The summed E-state index contributed by atoms with van der Waals surface area (Å²) in [5.74, 6) is 0. The van der Waals surface area contributed by atoms with Gasteiger partial charge in [-0.1, -0.05) is 35.9 Å². The van der Waals surface area contributed by atoms with Gasteiger partial charge in [-0.25, -0.2) is 0 Å². The van der Waals surface area contributed by atoms with Gasteiger partial charge in [0.15, 0.2) is 5.11 Å². The van der Waals surface area contributed by atoms with E-state index >= 15 is 0 Å². The lowest BCUT2D eigenvalue weighted by atomic mass is 10.2. The molecule has 0 atom stereocenters. The van der Waals surface area contributed by atoms with Crippen LogP contribution in [0.2, 0.25) is 5.02 Å². The molecule has 3 nitrogen and oxygen atoms in total. The zero-order valence-electron chi connectivity index (χ0n) is 12.2. The monoisotopic (exact) mass is 331 g/mol. The summed E-state index contributed by atoms with van der Waals surface area (Å²) in [5, 5.41) is 4.60. The lowest BCUT2D eigenvalue weighted by molar-refractivity contribution is 0.400. The number of thiocarbonyl (C=S) groups is 1. The fourth-order valence-corrected chi connectivity index (χ4v) is 2.33. The number of nitrogens with zero attached hydrogens (tertiary/aromatic N) is 2. The number of hydrogen-bond acceptors (Lipinski definition) is 2. The minimum Gasteiger partial charge on any atom is -0.359 e. The summed E-state index contributed by atoms with van der Waals surface area (Å²) in [7, 11) is 0. The lowest BCUT2D eigenvalue weighted by Crippen LogP contribution is -2.38. The minimum atomic E-state index is 0.642. The molecule has 0 aliphatic carbocycles. The van der Waals surface area contributed by atoms with Gasteiger partial charge in [-0.15, -0.1) is 6.58 Å². The van der Waals surface area contributed by atoms with Crippen LogP contribution in [0, 0.1) is 0 Å². The van der Waals surface area contributed by atoms with Crippen molar-refractivity contribution in [2.75, 3.05) is 6.54 Å². The molecule has 0 bridgehead atoms. The Labute approximate surface area is 141 Å². The Morgan fingerprint density at radius 1 is 1.23 bits per heavy atom. The summed E-state index contributed by atoms with van der Waals surface area (Å²) in [6.45, 7) is 5.74. The Hall–Kier alpha value is -1.91. The number of halogens is 1. The smallest absolute Gasteiger partial charge is 0.169 e. The highest BCUT2D eigenvalue weighted by molar-refractivity contribution is 7.80. The topological polar surface area (TPSA) is 28.2 Å². The van der Waals surface area contributed by atoms with Gasteiger partial charge in [0, 0.05) is 37.1 Å². The molecule has 1 aromatic carbocycles. The molecule has 0 aliphatic rings. The number of benzene rings is 1. The molecule has 0 radical (unpaired) electrons. The van der Waals surface area contributed by atoms with Crippen molar-refractivity contribution < 1.29 is 0 Å². The standard InChI is InChI=1S/C17H18ClN3S/c1-2-9-20-17(22)21(13-15-4-3-10-19-11-15)12-14-5-7-16(18)8-6-14/h2-8,10-11H,1,9,12-13H2,(H,20,22). The number of rotatable bonds is 6. The predicted octanol–water partition coefficient (Wildman–Crippen LogP) is 3.80. The summed E-state index contributed by atoms with van der Waals surface area (Å²) in [6, 6.07) is 11.8. The third kappa shape index (κ3) is 5.13. The van der Waals surface area contributed by atoms with Crippen molar-refractivity contribution in [3.05, 3.63) is 77.6 Å². The summed E-state index contributed by atoms with van der Waals surface area (Å²) >= 11 is 11.4. The first-order chi connectivity index (χ1) is 10.7. The third-order valence-corrected chi connectivity index (χ3v) is 3.72. The molecule has 0 fully saturated rings. The third-order valence-electron chi connectivity index (χ3n) is 3.07. The van der Waals surface area contributed by atoms with E-state index in [0.29, 0.717) is 24.7 Å². The van der Waals surface area contributed by atoms with Gasteiger partial charge in [-0.3, -0.25) is 4.98 Å².